The molecule has 0 radical (unpaired) electrons. The van der Waals surface area contributed by atoms with Crippen molar-refractivity contribution < 1.29 is 49.2 Å². The predicted molar refractivity (Wildman–Crippen MR) is 114 cm³/mol. The van der Waals surface area contributed by atoms with Gasteiger partial charge in [-0.2, -0.15) is 0 Å². The molecule has 0 aliphatic carbocycles. The zero-order valence-corrected chi connectivity index (χ0v) is 18.6. The third-order valence-electron chi connectivity index (χ3n) is 4.67. The minimum Gasteiger partial charge on any atom is -0.481 e. The maximum atomic E-state index is 12.7. The summed E-state index contributed by atoms with van der Waals surface area (Å²) in [6, 6.07) is -6.25. The predicted octanol–water partition coefficient (Wildman–Crippen LogP) is -3.46. The molecule has 1 aromatic heterocycles. The molecule has 0 bridgehead atoms. The highest BCUT2D eigenvalue weighted by atomic mass is 16.4. The summed E-state index contributed by atoms with van der Waals surface area (Å²) in [6.45, 7) is 1.13. The van der Waals surface area contributed by atoms with Gasteiger partial charge in [0.1, 0.15) is 18.1 Å². The van der Waals surface area contributed by atoms with E-state index in [1.54, 1.807) is 0 Å². The molecule has 16 heteroatoms. The van der Waals surface area contributed by atoms with Gasteiger partial charge in [0.15, 0.2) is 0 Å². The molecule has 194 valence electrons. The minimum absolute atomic E-state index is 0.213. The number of carboxylic acids is 3. The van der Waals surface area contributed by atoms with Crippen molar-refractivity contribution in [1.82, 2.24) is 25.9 Å². The fourth-order valence-electron chi connectivity index (χ4n) is 2.81. The molecule has 1 rings (SSSR count). The van der Waals surface area contributed by atoms with Crippen molar-refractivity contribution in [2.75, 3.05) is 0 Å². The number of nitrogens with one attached hydrogen (secondary N) is 4. The van der Waals surface area contributed by atoms with E-state index in [0.29, 0.717) is 5.69 Å². The topological polar surface area (TPSA) is 274 Å². The number of nitrogens with zero attached hydrogens (tertiary/aromatic N) is 1. The second kappa shape index (κ2) is 13.6. The van der Waals surface area contributed by atoms with Gasteiger partial charge in [-0.25, -0.2) is 9.78 Å². The van der Waals surface area contributed by atoms with E-state index in [4.69, 9.17) is 15.9 Å². The van der Waals surface area contributed by atoms with Crippen molar-refractivity contribution >= 4 is 35.6 Å². The first kappa shape index (κ1) is 29.0. The number of H-pyrrole nitrogens is 1. The fourth-order valence-corrected chi connectivity index (χ4v) is 2.81. The number of amides is 3. The highest BCUT2D eigenvalue weighted by Gasteiger charge is 2.33. The summed E-state index contributed by atoms with van der Waals surface area (Å²) in [4.78, 5) is 77.2. The molecule has 0 aliphatic rings. The summed E-state index contributed by atoms with van der Waals surface area (Å²) in [5.41, 5.74) is 5.94. The van der Waals surface area contributed by atoms with Gasteiger partial charge in [0.2, 0.25) is 17.7 Å². The molecule has 0 aliphatic heterocycles. The van der Waals surface area contributed by atoms with Crippen LogP contribution in [0.4, 0.5) is 0 Å². The normalized spacial score (nSPS) is 15.1. The standard InChI is InChI=1S/C19H28N6O10/c1-8(26)15(25-16(31)10(20)2-3-13(27)28)18(33)23-11(5-14(29)30)17(32)24-12(19(34)35)4-9-6-21-7-22-9/h6-8,10-12,15,26H,2-5,20H2,1H3,(H,21,22)(H,23,33)(H,24,32)(H,25,31)(H,27,28)(H,29,30)(H,34,35). The minimum atomic E-state index is -1.76. The van der Waals surface area contributed by atoms with Gasteiger partial charge in [0, 0.05) is 24.7 Å². The number of hydrogen-bond donors (Lipinski definition) is 9. The SMILES string of the molecule is CC(O)C(NC(=O)C(N)CCC(=O)O)C(=O)NC(CC(=O)O)C(=O)NC(Cc1cnc[nH]1)C(=O)O. The molecule has 0 saturated carbocycles. The summed E-state index contributed by atoms with van der Waals surface area (Å²) in [5, 5.41) is 43.4. The molecular formula is C19H28N6O10. The number of aliphatic hydroxyl groups is 1. The lowest BCUT2D eigenvalue weighted by Crippen LogP contribution is -2.60. The number of aromatic nitrogens is 2. The zero-order valence-electron chi connectivity index (χ0n) is 18.6. The number of carbonyl (C=O) groups excluding carboxylic acids is 3. The number of nitrogens with two attached hydrogens (primary N) is 1. The summed E-state index contributed by atoms with van der Waals surface area (Å²) >= 11 is 0. The first-order valence-corrected chi connectivity index (χ1v) is 10.3. The smallest absolute Gasteiger partial charge is 0.326 e. The van der Waals surface area contributed by atoms with Gasteiger partial charge in [-0.05, 0) is 13.3 Å². The summed E-state index contributed by atoms with van der Waals surface area (Å²) in [5.74, 6) is -7.39. The van der Waals surface area contributed by atoms with Gasteiger partial charge in [0.05, 0.1) is 24.9 Å². The van der Waals surface area contributed by atoms with Crippen LogP contribution in [0.5, 0.6) is 0 Å². The molecule has 0 aromatic carbocycles. The van der Waals surface area contributed by atoms with Crippen LogP contribution < -0.4 is 21.7 Å². The number of hydrogen-bond acceptors (Lipinski definition) is 9. The third-order valence-corrected chi connectivity index (χ3v) is 4.67. The Morgan fingerprint density at radius 1 is 0.971 bits per heavy atom. The number of aromatic amines is 1. The number of imidazole rings is 1. The number of aliphatic carboxylic acids is 3. The Bertz CT molecular complexity index is 919. The zero-order chi connectivity index (χ0) is 26.7. The summed E-state index contributed by atoms with van der Waals surface area (Å²) < 4.78 is 0. The van der Waals surface area contributed by atoms with Crippen LogP contribution in [0.1, 0.15) is 31.9 Å². The van der Waals surface area contributed by atoms with Gasteiger partial charge >= 0.3 is 17.9 Å². The van der Waals surface area contributed by atoms with E-state index in [1.165, 1.54) is 12.5 Å². The van der Waals surface area contributed by atoms with Crippen molar-refractivity contribution in [1.29, 1.82) is 0 Å². The largest absolute Gasteiger partial charge is 0.481 e. The highest BCUT2D eigenvalue weighted by molar-refractivity contribution is 5.95. The maximum absolute atomic E-state index is 12.7. The van der Waals surface area contributed by atoms with Crippen LogP contribution in [0.3, 0.4) is 0 Å². The Kier molecular flexibility index (Phi) is 11.3. The quantitative estimate of drug-likeness (QED) is 0.114. The van der Waals surface area contributed by atoms with E-state index in [2.05, 4.69) is 25.9 Å². The van der Waals surface area contributed by atoms with Crippen molar-refractivity contribution in [2.45, 2.75) is 62.9 Å². The molecule has 0 fully saturated rings. The van der Waals surface area contributed by atoms with Crippen LogP contribution in [-0.4, -0.2) is 96.3 Å². The maximum Gasteiger partial charge on any atom is 0.326 e. The Hall–Kier alpha value is -4.05. The highest BCUT2D eigenvalue weighted by Crippen LogP contribution is 2.04. The molecule has 5 unspecified atom stereocenters. The average molecular weight is 500 g/mol. The van der Waals surface area contributed by atoms with Crippen LogP contribution in [0.25, 0.3) is 0 Å². The van der Waals surface area contributed by atoms with Crippen LogP contribution in [0, 0.1) is 0 Å². The molecule has 16 nitrogen and oxygen atoms in total. The van der Waals surface area contributed by atoms with E-state index in [-0.39, 0.29) is 12.8 Å². The first-order valence-electron chi connectivity index (χ1n) is 10.3. The number of aliphatic hydroxyl groups excluding tert-OH is 1. The first-order chi connectivity index (χ1) is 16.3. The average Bonchev–Trinajstić information content (AvgIpc) is 3.26. The molecule has 3 amide bonds. The van der Waals surface area contributed by atoms with Gasteiger partial charge in [-0.1, -0.05) is 0 Å². The Labute approximate surface area is 198 Å². The summed E-state index contributed by atoms with van der Waals surface area (Å²) in [6.07, 6.45) is -0.734. The van der Waals surface area contributed by atoms with Gasteiger partial charge in [0.25, 0.3) is 0 Å². The molecular weight excluding hydrogens is 472 g/mol. The molecule has 0 saturated heterocycles. The van der Waals surface area contributed by atoms with Crippen molar-refractivity contribution in [3.05, 3.63) is 18.2 Å². The Morgan fingerprint density at radius 2 is 1.60 bits per heavy atom. The van der Waals surface area contributed by atoms with E-state index in [9.17, 15) is 39.0 Å². The van der Waals surface area contributed by atoms with Crippen molar-refractivity contribution in [2.24, 2.45) is 5.73 Å². The van der Waals surface area contributed by atoms with Gasteiger partial charge in [-0.3, -0.25) is 24.0 Å². The Balaban J connectivity index is 2.93. The molecule has 1 aromatic rings. The monoisotopic (exact) mass is 500 g/mol. The van der Waals surface area contributed by atoms with Crippen molar-refractivity contribution in [3.63, 3.8) is 0 Å². The number of carbonyl (C=O) groups is 6. The van der Waals surface area contributed by atoms with Gasteiger partial charge in [-0.15, -0.1) is 0 Å². The lowest BCUT2D eigenvalue weighted by atomic mass is 10.1. The van der Waals surface area contributed by atoms with E-state index in [0.717, 1.165) is 6.92 Å². The van der Waals surface area contributed by atoms with Crippen LogP contribution in [-0.2, 0) is 35.2 Å². The second-order valence-corrected chi connectivity index (χ2v) is 7.61. The second-order valence-electron chi connectivity index (χ2n) is 7.61. The lowest BCUT2D eigenvalue weighted by molar-refractivity contribution is -0.144. The third kappa shape index (κ3) is 10.2. The molecule has 0 spiro atoms. The Morgan fingerprint density at radius 3 is 2.09 bits per heavy atom. The molecule has 10 N–H and O–H groups in total. The van der Waals surface area contributed by atoms with Crippen LogP contribution in [0.15, 0.2) is 12.5 Å². The van der Waals surface area contributed by atoms with Gasteiger partial charge < -0.3 is 47.1 Å². The fraction of sp³-hybridized carbons (Fsp3) is 0.526. The number of carboxylic acid groups (broad SMARTS) is 3. The van der Waals surface area contributed by atoms with E-state index < -0.39 is 78.7 Å². The molecule has 1 heterocycles. The van der Waals surface area contributed by atoms with Crippen LogP contribution >= 0.6 is 0 Å². The van der Waals surface area contributed by atoms with E-state index >= 15 is 0 Å². The van der Waals surface area contributed by atoms with Crippen LogP contribution in [0.2, 0.25) is 0 Å². The molecule has 5 atom stereocenters. The lowest BCUT2D eigenvalue weighted by Gasteiger charge is -2.25. The van der Waals surface area contributed by atoms with Crippen molar-refractivity contribution in [3.8, 4) is 0 Å². The molecule has 35 heavy (non-hydrogen) atoms. The van der Waals surface area contributed by atoms with E-state index in [1.807, 2.05) is 0 Å². The summed E-state index contributed by atoms with van der Waals surface area (Å²) in [7, 11) is 0. The number of rotatable bonds is 15.